The molecule has 2 N–H and O–H groups in total. The SMILES string of the molecule is CCC(O)(C(=O)O)C1CCSCC1. The van der Waals surface area contributed by atoms with Gasteiger partial charge in [-0.1, -0.05) is 6.92 Å². The number of carboxylic acids is 1. The average Bonchev–Trinajstić information content (AvgIpc) is 2.17. The van der Waals surface area contributed by atoms with E-state index in [1.165, 1.54) is 0 Å². The Morgan fingerprint density at radius 1 is 1.54 bits per heavy atom. The lowest BCUT2D eigenvalue weighted by Crippen LogP contribution is -2.46. The lowest BCUT2D eigenvalue weighted by atomic mass is 9.81. The van der Waals surface area contributed by atoms with E-state index < -0.39 is 11.6 Å². The van der Waals surface area contributed by atoms with Gasteiger partial charge in [0.1, 0.15) is 0 Å². The van der Waals surface area contributed by atoms with Crippen molar-refractivity contribution in [2.45, 2.75) is 31.8 Å². The molecule has 0 bridgehead atoms. The Balaban J connectivity index is 2.68. The van der Waals surface area contributed by atoms with Crippen LogP contribution in [-0.4, -0.2) is 33.3 Å². The van der Waals surface area contributed by atoms with E-state index in [0.717, 1.165) is 24.3 Å². The number of thioether (sulfide) groups is 1. The van der Waals surface area contributed by atoms with Crippen LogP contribution < -0.4 is 0 Å². The highest BCUT2D eigenvalue weighted by atomic mass is 32.2. The summed E-state index contributed by atoms with van der Waals surface area (Å²) < 4.78 is 0. The third-order valence-corrected chi connectivity index (χ3v) is 3.85. The highest BCUT2D eigenvalue weighted by Gasteiger charge is 2.42. The summed E-state index contributed by atoms with van der Waals surface area (Å²) in [4.78, 5) is 10.9. The van der Waals surface area contributed by atoms with Crippen molar-refractivity contribution in [3.8, 4) is 0 Å². The van der Waals surface area contributed by atoms with Crippen molar-refractivity contribution in [1.29, 1.82) is 0 Å². The fourth-order valence-electron chi connectivity index (χ4n) is 1.79. The van der Waals surface area contributed by atoms with Crippen molar-refractivity contribution < 1.29 is 15.0 Å². The first kappa shape index (κ1) is 10.9. The number of aliphatic carboxylic acids is 1. The fraction of sp³-hybridized carbons (Fsp3) is 0.889. The normalized spacial score (nSPS) is 23.8. The minimum atomic E-state index is -1.49. The van der Waals surface area contributed by atoms with E-state index in [4.69, 9.17) is 5.11 Å². The third-order valence-electron chi connectivity index (χ3n) is 2.81. The summed E-state index contributed by atoms with van der Waals surface area (Å²) in [5.41, 5.74) is -1.49. The molecule has 3 nitrogen and oxygen atoms in total. The molecule has 0 spiro atoms. The topological polar surface area (TPSA) is 57.5 Å². The maximum Gasteiger partial charge on any atom is 0.335 e. The molecule has 4 heteroatoms. The van der Waals surface area contributed by atoms with E-state index in [9.17, 15) is 9.90 Å². The van der Waals surface area contributed by atoms with Crippen LogP contribution in [0.2, 0.25) is 0 Å². The second kappa shape index (κ2) is 4.33. The number of hydrogen-bond donors (Lipinski definition) is 2. The van der Waals surface area contributed by atoms with Crippen molar-refractivity contribution in [2.75, 3.05) is 11.5 Å². The van der Waals surface area contributed by atoms with Crippen molar-refractivity contribution >= 4 is 17.7 Å². The van der Waals surface area contributed by atoms with Crippen LogP contribution in [0.15, 0.2) is 0 Å². The molecule has 13 heavy (non-hydrogen) atoms. The summed E-state index contributed by atoms with van der Waals surface area (Å²) in [6, 6.07) is 0. The van der Waals surface area contributed by atoms with Gasteiger partial charge in [0.15, 0.2) is 5.60 Å². The number of aliphatic hydroxyl groups is 1. The van der Waals surface area contributed by atoms with Crippen LogP contribution in [-0.2, 0) is 4.79 Å². The molecule has 1 aliphatic rings. The maximum absolute atomic E-state index is 10.9. The molecule has 1 unspecified atom stereocenters. The summed E-state index contributed by atoms with van der Waals surface area (Å²) in [7, 11) is 0. The zero-order valence-corrected chi connectivity index (χ0v) is 8.64. The van der Waals surface area contributed by atoms with Crippen LogP contribution in [0.1, 0.15) is 26.2 Å². The van der Waals surface area contributed by atoms with E-state index in [-0.39, 0.29) is 5.92 Å². The van der Waals surface area contributed by atoms with E-state index in [0.29, 0.717) is 6.42 Å². The lowest BCUT2D eigenvalue weighted by Gasteiger charge is -2.33. The second-order valence-corrected chi connectivity index (χ2v) is 4.69. The summed E-state index contributed by atoms with van der Waals surface area (Å²) in [5.74, 6) is 0.823. The standard InChI is InChI=1S/C9H16O3S/c1-2-9(12,8(10)11)7-3-5-13-6-4-7/h7,12H,2-6H2,1H3,(H,10,11). The Morgan fingerprint density at radius 2 is 2.08 bits per heavy atom. The summed E-state index contributed by atoms with van der Waals surface area (Å²) >= 11 is 1.83. The van der Waals surface area contributed by atoms with E-state index in [1.54, 1.807) is 6.92 Å². The van der Waals surface area contributed by atoms with Gasteiger partial charge < -0.3 is 10.2 Å². The molecule has 0 radical (unpaired) electrons. The first-order valence-corrected chi connectivity index (χ1v) is 5.80. The average molecular weight is 204 g/mol. The van der Waals surface area contributed by atoms with Crippen LogP contribution in [0.3, 0.4) is 0 Å². The van der Waals surface area contributed by atoms with Crippen molar-refractivity contribution in [2.24, 2.45) is 5.92 Å². The zero-order chi connectivity index (χ0) is 9.90. The fourth-order valence-corrected chi connectivity index (χ4v) is 2.90. The van der Waals surface area contributed by atoms with Gasteiger partial charge in [-0.3, -0.25) is 0 Å². The Morgan fingerprint density at radius 3 is 2.46 bits per heavy atom. The van der Waals surface area contributed by atoms with Gasteiger partial charge >= 0.3 is 5.97 Å². The monoisotopic (exact) mass is 204 g/mol. The summed E-state index contributed by atoms with van der Waals surface area (Å²) in [6.07, 6.45) is 1.94. The van der Waals surface area contributed by atoms with Gasteiger partial charge in [-0.25, -0.2) is 4.79 Å². The first-order valence-electron chi connectivity index (χ1n) is 4.64. The van der Waals surface area contributed by atoms with Crippen molar-refractivity contribution in [3.63, 3.8) is 0 Å². The molecule has 0 amide bonds. The minimum Gasteiger partial charge on any atom is -0.479 e. The molecular formula is C9H16O3S. The van der Waals surface area contributed by atoms with Gasteiger partial charge in [0.05, 0.1) is 0 Å². The number of carbonyl (C=O) groups is 1. The Labute approximate surface area is 82.5 Å². The Kier molecular flexibility index (Phi) is 3.62. The predicted molar refractivity (Wildman–Crippen MR) is 52.9 cm³/mol. The Hall–Kier alpha value is -0.220. The van der Waals surface area contributed by atoms with Gasteiger partial charge in [0.2, 0.25) is 0 Å². The van der Waals surface area contributed by atoms with Crippen LogP contribution in [0.25, 0.3) is 0 Å². The number of hydrogen-bond acceptors (Lipinski definition) is 3. The van der Waals surface area contributed by atoms with Gasteiger partial charge in [-0.2, -0.15) is 11.8 Å². The molecule has 0 saturated carbocycles. The van der Waals surface area contributed by atoms with Gasteiger partial charge in [-0.05, 0) is 30.8 Å². The largest absolute Gasteiger partial charge is 0.479 e. The molecule has 1 rings (SSSR count). The molecule has 1 aliphatic heterocycles. The van der Waals surface area contributed by atoms with E-state index in [1.807, 2.05) is 11.8 Å². The molecular weight excluding hydrogens is 188 g/mol. The van der Waals surface area contributed by atoms with Crippen molar-refractivity contribution in [3.05, 3.63) is 0 Å². The maximum atomic E-state index is 10.9. The highest BCUT2D eigenvalue weighted by molar-refractivity contribution is 7.99. The van der Waals surface area contributed by atoms with Gasteiger partial charge in [-0.15, -0.1) is 0 Å². The predicted octanol–water partition coefficient (Wildman–Crippen LogP) is 1.36. The quantitative estimate of drug-likeness (QED) is 0.728. The first-order chi connectivity index (χ1) is 6.11. The van der Waals surface area contributed by atoms with Crippen LogP contribution >= 0.6 is 11.8 Å². The third kappa shape index (κ3) is 2.17. The number of rotatable bonds is 3. The molecule has 0 aromatic rings. The molecule has 0 aliphatic carbocycles. The molecule has 1 heterocycles. The molecule has 1 fully saturated rings. The summed E-state index contributed by atoms with van der Waals surface area (Å²) in [5, 5.41) is 18.8. The molecule has 1 saturated heterocycles. The highest BCUT2D eigenvalue weighted by Crippen LogP contribution is 2.33. The van der Waals surface area contributed by atoms with Gasteiger partial charge in [0.25, 0.3) is 0 Å². The lowest BCUT2D eigenvalue weighted by molar-refractivity contribution is -0.165. The second-order valence-electron chi connectivity index (χ2n) is 3.47. The molecule has 0 aromatic heterocycles. The zero-order valence-electron chi connectivity index (χ0n) is 7.82. The smallest absolute Gasteiger partial charge is 0.335 e. The molecule has 1 atom stereocenters. The Bertz CT molecular complexity index is 189. The van der Waals surface area contributed by atoms with Crippen LogP contribution in [0.4, 0.5) is 0 Å². The molecule has 0 aromatic carbocycles. The van der Waals surface area contributed by atoms with Crippen LogP contribution in [0, 0.1) is 5.92 Å². The van der Waals surface area contributed by atoms with Crippen molar-refractivity contribution in [1.82, 2.24) is 0 Å². The summed E-state index contributed by atoms with van der Waals surface area (Å²) in [6.45, 7) is 1.73. The van der Waals surface area contributed by atoms with E-state index in [2.05, 4.69) is 0 Å². The number of carboxylic acid groups (broad SMARTS) is 1. The van der Waals surface area contributed by atoms with E-state index >= 15 is 0 Å². The molecule has 76 valence electrons. The minimum absolute atomic E-state index is 0.0590. The van der Waals surface area contributed by atoms with Crippen LogP contribution in [0.5, 0.6) is 0 Å². The van der Waals surface area contributed by atoms with Gasteiger partial charge in [0, 0.05) is 5.92 Å².